The molecule has 2 aromatic rings. The first-order valence-corrected chi connectivity index (χ1v) is 6.52. The molecule has 0 aromatic heterocycles. The van der Waals surface area contributed by atoms with Crippen LogP contribution in [-0.2, 0) is 11.3 Å². The number of nitrogens with two attached hydrogens (primary N) is 1. The van der Waals surface area contributed by atoms with Crippen LogP contribution in [0, 0.1) is 0 Å². The Bertz CT molecular complexity index is 570. The van der Waals surface area contributed by atoms with E-state index >= 15 is 0 Å². The molecule has 3 N–H and O–H groups in total. The lowest BCUT2D eigenvalue weighted by molar-refractivity contribution is -0.136. The van der Waals surface area contributed by atoms with E-state index in [1.54, 1.807) is 0 Å². The summed E-state index contributed by atoms with van der Waals surface area (Å²) in [6.45, 7) is 1.07. The first-order valence-electron chi connectivity index (χ1n) is 6.52. The average molecular weight is 270 g/mol. The van der Waals surface area contributed by atoms with Gasteiger partial charge in [0.1, 0.15) is 0 Å². The molecule has 0 saturated carbocycles. The third-order valence-corrected chi connectivity index (χ3v) is 3.09. The number of benzene rings is 2. The van der Waals surface area contributed by atoms with Gasteiger partial charge in [0.05, 0.1) is 17.8 Å². The fourth-order valence-corrected chi connectivity index (χ4v) is 2.09. The van der Waals surface area contributed by atoms with Crippen molar-refractivity contribution >= 4 is 17.3 Å². The molecule has 0 radical (unpaired) electrons. The number of carboxylic acids is 1. The minimum atomic E-state index is -0.808. The van der Waals surface area contributed by atoms with Crippen LogP contribution in [0.1, 0.15) is 12.0 Å². The van der Waals surface area contributed by atoms with Crippen molar-refractivity contribution in [3.63, 3.8) is 0 Å². The van der Waals surface area contributed by atoms with Crippen molar-refractivity contribution in [1.82, 2.24) is 0 Å². The van der Waals surface area contributed by atoms with Gasteiger partial charge in [0, 0.05) is 13.1 Å². The van der Waals surface area contributed by atoms with Gasteiger partial charge in [-0.25, -0.2) is 0 Å². The van der Waals surface area contributed by atoms with Gasteiger partial charge in [0.25, 0.3) is 0 Å². The van der Waals surface area contributed by atoms with Crippen LogP contribution in [0.25, 0.3) is 0 Å². The molecule has 0 unspecified atom stereocenters. The van der Waals surface area contributed by atoms with Gasteiger partial charge in [0.2, 0.25) is 0 Å². The molecule has 104 valence electrons. The zero-order valence-corrected chi connectivity index (χ0v) is 11.2. The Balaban J connectivity index is 2.20. The van der Waals surface area contributed by atoms with Crippen LogP contribution in [0.5, 0.6) is 0 Å². The predicted octanol–water partition coefficient (Wildman–Crippen LogP) is 2.75. The summed E-state index contributed by atoms with van der Waals surface area (Å²) < 4.78 is 0. The molecule has 2 rings (SSSR count). The van der Waals surface area contributed by atoms with E-state index in [9.17, 15) is 4.79 Å². The van der Waals surface area contributed by atoms with E-state index in [0.717, 1.165) is 11.3 Å². The van der Waals surface area contributed by atoms with Crippen molar-refractivity contribution in [1.29, 1.82) is 0 Å². The third kappa shape index (κ3) is 3.75. The Morgan fingerprint density at radius 3 is 2.35 bits per heavy atom. The second-order valence-corrected chi connectivity index (χ2v) is 4.61. The highest BCUT2D eigenvalue weighted by Gasteiger charge is 2.11. The monoisotopic (exact) mass is 270 g/mol. The molecular formula is C16H18N2O2. The largest absolute Gasteiger partial charge is 0.481 e. The van der Waals surface area contributed by atoms with Crippen LogP contribution in [0.15, 0.2) is 54.6 Å². The van der Waals surface area contributed by atoms with E-state index in [1.165, 1.54) is 0 Å². The predicted molar refractivity (Wildman–Crippen MR) is 80.6 cm³/mol. The molecule has 0 aliphatic rings. The van der Waals surface area contributed by atoms with Gasteiger partial charge in [-0.05, 0) is 17.7 Å². The molecule has 0 atom stereocenters. The van der Waals surface area contributed by atoms with Gasteiger partial charge in [-0.2, -0.15) is 0 Å². The minimum Gasteiger partial charge on any atom is -0.481 e. The molecule has 0 saturated heterocycles. The number of aliphatic carboxylic acids is 1. The Kier molecular flexibility index (Phi) is 4.60. The Labute approximate surface area is 118 Å². The molecule has 0 aliphatic heterocycles. The summed E-state index contributed by atoms with van der Waals surface area (Å²) in [4.78, 5) is 12.8. The normalized spacial score (nSPS) is 10.2. The van der Waals surface area contributed by atoms with E-state index in [-0.39, 0.29) is 6.42 Å². The van der Waals surface area contributed by atoms with Crippen LogP contribution in [0.4, 0.5) is 11.4 Å². The SMILES string of the molecule is Nc1ccccc1N(CCC(=O)O)Cc1ccccc1. The maximum absolute atomic E-state index is 10.8. The number of rotatable bonds is 6. The lowest BCUT2D eigenvalue weighted by atomic mass is 10.1. The van der Waals surface area contributed by atoms with Crippen LogP contribution in [-0.4, -0.2) is 17.6 Å². The van der Waals surface area contributed by atoms with Crippen LogP contribution in [0.3, 0.4) is 0 Å². The fourth-order valence-electron chi connectivity index (χ4n) is 2.09. The summed E-state index contributed by atoms with van der Waals surface area (Å²) in [5.41, 5.74) is 8.65. The molecule has 0 amide bonds. The van der Waals surface area contributed by atoms with Gasteiger partial charge in [-0.1, -0.05) is 42.5 Å². The maximum atomic E-state index is 10.8. The molecule has 4 nitrogen and oxygen atoms in total. The van der Waals surface area contributed by atoms with E-state index in [1.807, 2.05) is 59.5 Å². The van der Waals surface area contributed by atoms with Crippen molar-refractivity contribution in [2.24, 2.45) is 0 Å². The van der Waals surface area contributed by atoms with Gasteiger partial charge in [0.15, 0.2) is 0 Å². The zero-order valence-electron chi connectivity index (χ0n) is 11.2. The Hall–Kier alpha value is -2.49. The standard InChI is InChI=1S/C16H18N2O2/c17-14-8-4-5-9-15(14)18(11-10-16(19)20)12-13-6-2-1-3-7-13/h1-9H,10-12,17H2,(H,19,20). The van der Waals surface area contributed by atoms with Crippen molar-refractivity contribution < 1.29 is 9.90 Å². The lowest BCUT2D eigenvalue weighted by Gasteiger charge is -2.25. The summed E-state index contributed by atoms with van der Waals surface area (Å²) in [7, 11) is 0. The fraction of sp³-hybridized carbons (Fsp3) is 0.188. The van der Waals surface area contributed by atoms with E-state index < -0.39 is 5.97 Å². The number of carbonyl (C=O) groups is 1. The molecule has 0 aliphatic carbocycles. The highest BCUT2D eigenvalue weighted by molar-refractivity contribution is 5.70. The molecule has 4 heteroatoms. The summed E-state index contributed by atoms with van der Waals surface area (Å²) >= 11 is 0. The van der Waals surface area contributed by atoms with E-state index in [0.29, 0.717) is 18.8 Å². The summed E-state index contributed by atoms with van der Waals surface area (Å²) in [5, 5.41) is 8.89. The topological polar surface area (TPSA) is 66.6 Å². The number of anilines is 2. The number of nitrogen functional groups attached to an aromatic ring is 1. The molecule has 20 heavy (non-hydrogen) atoms. The van der Waals surface area contributed by atoms with Gasteiger partial charge < -0.3 is 15.7 Å². The van der Waals surface area contributed by atoms with Crippen LogP contribution in [0.2, 0.25) is 0 Å². The summed E-state index contributed by atoms with van der Waals surface area (Å²) in [6.07, 6.45) is 0.0845. The lowest BCUT2D eigenvalue weighted by Crippen LogP contribution is -2.26. The van der Waals surface area contributed by atoms with Crippen LogP contribution >= 0.6 is 0 Å². The Morgan fingerprint density at radius 2 is 1.70 bits per heavy atom. The Morgan fingerprint density at radius 1 is 1.05 bits per heavy atom. The smallest absolute Gasteiger partial charge is 0.305 e. The molecule has 0 bridgehead atoms. The number of hydrogen-bond donors (Lipinski definition) is 2. The van der Waals surface area contributed by atoms with Gasteiger partial charge >= 0.3 is 5.97 Å². The average Bonchev–Trinajstić information content (AvgIpc) is 2.45. The molecular weight excluding hydrogens is 252 g/mol. The molecule has 0 fully saturated rings. The van der Waals surface area contributed by atoms with E-state index in [4.69, 9.17) is 10.8 Å². The number of hydrogen-bond acceptors (Lipinski definition) is 3. The summed E-state index contributed by atoms with van der Waals surface area (Å²) in [6, 6.07) is 17.5. The maximum Gasteiger partial charge on any atom is 0.305 e. The molecule has 0 heterocycles. The van der Waals surface area contributed by atoms with E-state index in [2.05, 4.69) is 0 Å². The van der Waals surface area contributed by atoms with Gasteiger partial charge in [-0.15, -0.1) is 0 Å². The second-order valence-electron chi connectivity index (χ2n) is 4.61. The molecule has 2 aromatic carbocycles. The van der Waals surface area contributed by atoms with Crippen LogP contribution < -0.4 is 10.6 Å². The first-order chi connectivity index (χ1) is 9.66. The number of para-hydroxylation sites is 2. The second kappa shape index (κ2) is 6.61. The van der Waals surface area contributed by atoms with Crippen molar-refractivity contribution in [3.8, 4) is 0 Å². The number of nitrogens with zero attached hydrogens (tertiary/aromatic N) is 1. The minimum absolute atomic E-state index is 0.0845. The van der Waals surface area contributed by atoms with Crippen molar-refractivity contribution in [2.75, 3.05) is 17.2 Å². The third-order valence-electron chi connectivity index (χ3n) is 3.09. The first kappa shape index (κ1) is 13.9. The highest BCUT2D eigenvalue weighted by atomic mass is 16.4. The van der Waals surface area contributed by atoms with Crippen molar-refractivity contribution in [2.45, 2.75) is 13.0 Å². The summed E-state index contributed by atoms with van der Waals surface area (Å²) in [5.74, 6) is -0.808. The highest BCUT2D eigenvalue weighted by Crippen LogP contribution is 2.24. The quantitative estimate of drug-likeness (QED) is 0.792. The number of carboxylic acid groups (broad SMARTS) is 1. The van der Waals surface area contributed by atoms with Crippen molar-refractivity contribution in [3.05, 3.63) is 60.2 Å². The zero-order chi connectivity index (χ0) is 14.4. The molecule has 0 spiro atoms. The van der Waals surface area contributed by atoms with Gasteiger partial charge in [-0.3, -0.25) is 4.79 Å².